The molecule has 0 radical (unpaired) electrons. The summed E-state index contributed by atoms with van der Waals surface area (Å²) in [5.41, 5.74) is 11.6. The first-order chi connectivity index (χ1) is 14.6. The normalized spacial score (nSPS) is 12.8. The zero-order valence-corrected chi connectivity index (χ0v) is 16.2. The highest BCUT2D eigenvalue weighted by atomic mass is 19.1. The fourth-order valence-corrected chi connectivity index (χ4v) is 4.20. The van der Waals surface area contributed by atoms with Gasteiger partial charge in [0.25, 0.3) is 0 Å². The van der Waals surface area contributed by atoms with Crippen molar-refractivity contribution in [1.82, 2.24) is 14.5 Å². The summed E-state index contributed by atoms with van der Waals surface area (Å²) in [7, 11) is 0. The fourth-order valence-electron chi connectivity index (χ4n) is 4.20. The number of amides is 1. The lowest BCUT2D eigenvalue weighted by Gasteiger charge is -2.13. The van der Waals surface area contributed by atoms with Gasteiger partial charge in [-0.3, -0.25) is 4.79 Å². The second-order valence-corrected chi connectivity index (χ2v) is 7.45. The first-order valence-electron chi connectivity index (χ1n) is 9.88. The van der Waals surface area contributed by atoms with Crippen molar-refractivity contribution in [2.45, 2.75) is 25.7 Å². The summed E-state index contributed by atoms with van der Waals surface area (Å²) in [6.45, 7) is 0. The van der Waals surface area contributed by atoms with E-state index in [-0.39, 0.29) is 18.0 Å². The number of aromatic nitrogens is 3. The van der Waals surface area contributed by atoms with Gasteiger partial charge in [-0.15, -0.1) is 0 Å². The molecule has 0 saturated heterocycles. The van der Waals surface area contributed by atoms with E-state index in [0.717, 1.165) is 41.6 Å². The van der Waals surface area contributed by atoms with Crippen molar-refractivity contribution < 1.29 is 9.18 Å². The molecule has 1 aliphatic rings. The average Bonchev–Trinajstić information content (AvgIpc) is 3.32. The molecule has 0 saturated carbocycles. The van der Waals surface area contributed by atoms with Gasteiger partial charge in [0, 0.05) is 17.4 Å². The highest BCUT2D eigenvalue weighted by molar-refractivity contribution is 5.93. The molecular formula is C23H20FN5O. The predicted molar refractivity (Wildman–Crippen MR) is 114 cm³/mol. The number of halogens is 1. The number of hydrogen-bond acceptors (Lipinski definition) is 4. The number of rotatable bonds is 4. The van der Waals surface area contributed by atoms with E-state index < -0.39 is 5.82 Å². The van der Waals surface area contributed by atoms with Crippen LogP contribution < -0.4 is 11.1 Å². The van der Waals surface area contributed by atoms with Gasteiger partial charge < -0.3 is 15.6 Å². The van der Waals surface area contributed by atoms with Crippen LogP contribution >= 0.6 is 0 Å². The Morgan fingerprint density at radius 1 is 1.13 bits per heavy atom. The van der Waals surface area contributed by atoms with Crippen LogP contribution in [0, 0.1) is 5.82 Å². The number of nitrogens with one attached hydrogen (secondary N) is 1. The van der Waals surface area contributed by atoms with Gasteiger partial charge in [-0.2, -0.15) is 0 Å². The molecule has 7 heteroatoms. The number of nitrogens with two attached hydrogens (primary N) is 1. The first kappa shape index (κ1) is 18.3. The second kappa shape index (κ2) is 7.26. The zero-order valence-electron chi connectivity index (χ0n) is 16.2. The van der Waals surface area contributed by atoms with Crippen LogP contribution in [0.15, 0.2) is 54.9 Å². The number of anilines is 2. The van der Waals surface area contributed by atoms with E-state index in [0.29, 0.717) is 17.0 Å². The van der Waals surface area contributed by atoms with Gasteiger partial charge in [-0.05, 0) is 42.5 Å². The monoisotopic (exact) mass is 401 g/mol. The minimum Gasteiger partial charge on any atom is -0.382 e. The lowest BCUT2D eigenvalue weighted by Crippen LogP contribution is -2.15. The predicted octanol–water partition coefficient (Wildman–Crippen LogP) is 3.81. The van der Waals surface area contributed by atoms with Crippen molar-refractivity contribution in [1.29, 1.82) is 0 Å². The Hall–Kier alpha value is -3.74. The van der Waals surface area contributed by atoms with Crippen LogP contribution in [0.25, 0.3) is 16.7 Å². The maximum absolute atomic E-state index is 14.9. The first-order valence-corrected chi connectivity index (χ1v) is 9.88. The summed E-state index contributed by atoms with van der Waals surface area (Å²) >= 11 is 0. The number of fused-ring (bicyclic) bond motifs is 3. The lowest BCUT2D eigenvalue weighted by molar-refractivity contribution is -0.115. The van der Waals surface area contributed by atoms with Crippen LogP contribution in [0.4, 0.5) is 15.9 Å². The van der Waals surface area contributed by atoms with Gasteiger partial charge >= 0.3 is 0 Å². The van der Waals surface area contributed by atoms with Gasteiger partial charge in [-0.1, -0.05) is 30.3 Å². The van der Waals surface area contributed by atoms with Crippen LogP contribution in [0.2, 0.25) is 0 Å². The van der Waals surface area contributed by atoms with Gasteiger partial charge in [0.05, 0.1) is 17.6 Å². The number of nitrogen functional groups attached to an aromatic ring is 1. The fraction of sp³-hybridized carbons (Fsp3) is 0.174. The molecule has 150 valence electrons. The molecule has 30 heavy (non-hydrogen) atoms. The SMILES string of the molecule is Nc1ncnc2c3c(n(-c4ccc(NC(=O)Cc5ccccc5)c(F)c4)c12)CCC3. The van der Waals surface area contributed by atoms with Crippen molar-refractivity contribution in [2.75, 3.05) is 11.1 Å². The van der Waals surface area contributed by atoms with Crippen molar-refractivity contribution in [2.24, 2.45) is 0 Å². The van der Waals surface area contributed by atoms with Crippen molar-refractivity contribution >= 4 is 28.4 Å². The smallest absolute Gasteiger partial charge is 0.228 e. The van der Waals surface area contributed by atoms with Crippen LogP contribution in [0.3, 0.4) is 0 Å². The number of benzene rings is 2. The van der Waals surface area contributed by atoms with E-state index in [9.17, 15) is 9.18 Å². The Labute approximate surface area is 172 Å². The Bertz CT molecular complexity index is 1270. The van der Waals surface area contributed by atoms with Gasteiger partial charge in [0.2, 0.25) is 5.91 Å². The molecule has 2 aromatic heterocycles. The average molecular weight is 401 g/mol. The zero-order chi connectivity index (χ0) is 20.7. The Balaban J connectivity index is 1.48. The maximum atomic E-state index is 14.9. The Morgan fingerprint density at radius 2 is 1.97 bits per heavy atom. The summed E-state index contributed by atoms with van der Waals surface area (Å²) in [4.78, 5) is 20.8. The van der Waals surface area contributed by atoms with Crippen molar-refractivity contribution in [3.05, 3.63) is 77.5 Å². The molecule has 3 N–H and O–H groups in total. The molecule has 0 spiro atoms. The molecular weight excluding hydrogens is 381 g/mol. The highest BCUT2D eigenvalue weighted by Crippen LogP contribution is 2.36. The number of carbonyl (C=O) groups excluding carboxylic acids is 1. The molecule has 4 aromatic rings. The van der Waals surface area contributed by atoms with E-state index in [1.165, 1.54) is 12.4 Å². The summed E-state index contributed by atoms with van der Waals surface area (Å²) < 4.78 is 16.9. The molecule has 0 fully saturated rings. The van der Waals surface area contributed by atoms with E-state index >= 15 is 0 Å². The molecule has 0 unspecified atom stereocenters. The van der Waals surface area contributed by atoms with Gasteiger partial charge in [-0.25, -0.2) is 14.4 Å². The van der Waals surface area contributed by atoms with Gasteiger partial charge in [0.1, 0.15) is 17.7 Å². The highest BCUT2D eigenvalue weighted by Gasteiger charge is 2.25. The van der Waals surface area contributed by atoms with Crippen LogP contribution in [0.5, 0.6) is 0 Å². The molecule has 0 bridgehead atoms. The lowest BCUT2D eigenvalue weighted by atomic mass is 10.1. The third-order valence-corrected chi connectivity index (χ3v) is 5.51. The second-order valence-electron chi connectivity index (χ2n) is 7.45. The molecule has 2 aromatic carbocycles. The Kier molecular flexibility index (Phi) is 4.43. The summed E-state index contributed by atoms with van der Waals surface area (Å²) in [5.74, 6) is -0.397. The molecule has 0 aliphatic heterocycles. The Morgan fingerprint density at radius 3 is 2.77 bits per heavy atom. The minimum atomic E-state index is -0.502. The molecule has 0 atom stereocenters. The molecule has 1 aliphatic carbocycles. The summed E-state index contributed by atoms with van der Waals surface area (Å²) in [6.07, 6.45) is 4.48. The number of carbonyl (C=O) groups is 1. The number of nitrogens with zero attached hydrogens (tertiary/aromatic N) is 3. The van der Waals surface area contributed by atoms with E-state index in [2.05, 4.69) is 15.3 Å². The molecule has 6 nitrogen and oxygen atoms in total. The third-order valence-electron chi connectivity index (χ3n) is 5.51. The topological polar surface area (TPSA) is 85.8 Å². The molecule has 5 rings (SSSR count). The van der Waals surface area contributed by atoms with Crippen molar-refractivity contribution in [3.63, 3.8) is 0 Å². The van der Waals surface area contributed by atoms with Gasteiger partial charge in [0.15, 0.2) is 5.82 Å². The van der Waals surface area contributed by atoms with Crippen molar-refractivity contribution in [3.8, 4) is 5.69 Å². The maximum Gasteiger partial charge on any atom is 0.228 e. The molecule has 2 heterocycles. The van der Waals surface area contributed by atoms with E-state index in [1.54, 1.807) is 12.1 Å². The largest absolute Gasteiger partial charge is 0.382 e. The van der Waals surface area contributed by atoms with E-state index in [1.807, 2.05) is 34.9 Å². The summed E-state index contributed by atoms with van der Waals surface area (Å²) in [6, 6.07) is 14.1. The summed E-state index contributed by atoms with van der Waals surface area (Å²) in [5, 5.41) is 2.66. The molecule has 1 amide bonds. The van der Waals surface area contributed by atoms with E-state index in [4.69, 9.17) is 5.73 Å². The number of aryl methyl sites for hydroxylation is 1. The minimum absolute atomic E-state index is 0.150. The van der Waals surface area contributed by atoms with Crippen LogP contribution in [-0.2, 0) is 24.1 Å². The quantitative estimate of drug-likeness (QED) is 0.544. The third kappa shape index (κ3) is 3.08. The number of hydrogen-bond donors (Lipinski definition) is 2. The standard InChI is InChI=1S/C23H20FN5O/c24-17-12-15(9-10-18(17)28-20(30)11-14-5-2-1-3-6-14)29-19-8-4-7-16(19)21-22(29)23(25)27-13-26-21/h1-3,5-6,9-10,12-13H,4,7-8,11H2,(H,28,30)(H2,25,26,27). The van der Waals surface area contributed by atoms with Crippen LogP contribution in [0.1, 0.15) is 23.2 Å². The van der Waals surface area contributed by atoms with Crippen LogP contribution in [-0.4, -0.2) is 20.4 Å².